The lowest BCUT2D eigenvalue weighted by molar-refractivity contribution is 0.180. The quantitative estimate of drug-likeness (QED) is 0.568. The van der Waals surface area contributed by atoms with E-state index >= 15 is 0 Å². The van der Waals surface area contributed by atoms with Crippen molar-refractivity contribution in [2.24, 2.45) is 5.73 Å². The van der Waals surface area contributed by atoms with Crippen LogP contribution >= 0.6 is 0 Å². The molecule has 1 amide bonds. The predicted octanol–water partition coefficient (Wildman–Crippen LogP) is 0.772. The minimum atomic E-state index is -0.980. The molecule has 0 aromatic carbocycles. The third kappa shape index (κ3) is 5.66. The smallest absolute Gasteiger partial charge is 0.405 e. The van der Waals surface area contributed by atoms with Crippen molar-refractivity contribution >= 4 is 6.09 Å². The van der Waals surface area contributed by atoms with Crippen molar-refractivity contribution < 1.29 is 9.90 Å². The Balaban J connectivity index is 3.70. The SMILES string of the molecule is CC(C)(CCCN)NC(=O)O. The lowest BCUT2D eigenvalue weighted by Gasteiger charge is -2.23. The zero-order valence-electron chi connectivity index (χ0n) is 7.05. The number of hydrogen-bond acceptors (Lipinski definition) is 2. The average molecular weight is 160 g/mol. The number of carboxylic acid groups (broad SMARTS) is 1. The molecule has 0 saturated carbocycles. The van der Waals surface area contributed by atoms with Crippen molar-refractivity contribution in [1.29, 1.82) is 0 Å². The van der Waals surface area contributed by atoms with Gasteiger partial charge in [-0.25, -0.2) is 4.79 Å². The van der Waals surface area contributed by atoms with Gasteiger partial charge in [-0.2, -0.15) is 0 Å². The van der Waals surface area contributed by atoms with Gasteiger partial charge in [-0.05, 0) is 33.2 Å². The highest BCUT2D eigenvalue weighted by atomic mass is 16.4. The largest absolute Gasteiger partial charge is 0.465 e. The maximum absolute atomic E-state index is 10.2. The zero-order valence-corrected chi connectivity index (χ0v) is 7.05. The van der Waals surface area contributed by atoms with Gasteiger partial charge in [0.15, 0.2) is 0 Å². The van der Waals surface area contributed by atoms with Gasteiger partial charge in [0, 0.05) is 5.54 Å². The summed E-state index contributed by atoms with van der Waals surface area (Å²) in [5.74, 6) is 0. The van der Waals surface area contributed by atoms with Crippen LogP contribution in [0.5, 0.6) is 0 Å². The van der Waals surface area contributed by atoms with E-state index in [0.29, 0.717) is 6.54 Å². The highest BCUT2D eigenvalue weighted by Crippen LogP contribution is 2.09. The fourth-order valence-electron chi connectivity index (χ4n) is 0.896. The van der Waals surface area contributed by atoms with E-state index in [9.17, 15) is 4.79 Å². The highest BCUT2D eigenvalue weighted by Gasteiger charge is 2.18. The van der Waals surface area contributed by atoms with Crippen LogP contribution in [0.15, 0.2) is 0 Å². The molecule has 66 valence electrons. The molecule has 0 bridgehead atoms. The zero-order chi connectivity index (χ0) is 8.91. The molecule has 0 aromatic rings. The minimum Gasteiger partial charge on any atom is -0.465 e. The molecule has 0 spiro atoms. The summed E-state index contributed by atoms with van der Waals surface area (Å²) < 4.78 is 0. The van der Waals surface area contributed by atoms with Crippen LogP contribution in [0.4, 0.5) is 4.79 Å². The molecule has 0 saturated heterocycles. The first-order chi connectivity index (χ1) is 4.98. The number of amides is 1. The Hall–Kier alpha value is -0.770. The van der Waals surface area contributed by atoms with Gasteiger partial charge in [0.25, 0.3) is 0 Å². The summed E-state index contributed by atoms with van der Waals surface area (Å²) in [6.07, 6.45) is 0.635. The molecular formula is C7H16N2O2. The molecule has 0 radical (unpaired) electrons. The van der Waals surface area contributed by atoms with E-state index < -0.39 is 6.09 Å². The molecule has 0 aliphatic heterocycles. The van der Waals surface area contributed by atoms with Crippen molar-refractivity contribution in [3.05, 3.63) is 0 Å². The van der Waals surface area contributed by atoms with E-state index in [1.54, 1.807) is 0 Å². The van der Waals surface area contributed by atoms with Crippen LogP contribution in [0, 0.1) is 0 Å². The minimum absolute atomic E-state index is 0.356. The molecule has 0 rings (SSSR count). The van der Waals surface area contributed by atoms with Crippen LogP contribution in [-0.4, -0.2) is 23.3 Å². The second-order valence-electron chi connectivity index (χ2n) is 3.21. The van der Waals surface area contributed by atoms with Crippen LogP contribution in [-0.2, 0) is 0 Å². The van der Waals surface area contributed by atoms with Gasteiger partial charge in [-0.1, -0.05) is 0 Å². The van der Waals surface area contributed by atoms with Gasteiger partial charge < -0.3 is 16.2 Å². The molecule has 0 aromatic heterocycles. The first-order valence-corrected chi connectivity index (χ1v) is 3.69. The molecule has 0 fully saturated rings. The Labute approximate surface area is 66.8 Å². The lowest BCUT2D eigenvalue weighted by atomic mass is 9.99. The Morgan fingerprint density at radius 1 is 1.64 bits per heavy atom. The highest BCUT2D eigenvalue weighted by molar-refractivity contribution is 5.65. The van der Waals surface area contributed by atoms with Gasteiger partial charge in [0.1, 0.15) is 0 Å². The summed E-state index contributed by atoms with van der Waals surface area (Å²) in [4.78, 5) is 10.2. The van der Waals surface area contributed by atoms with Crippen LogP contribution in [0.25, 0.3) is 0 Å². The third-order valence-corrected chi connectivity index (χ3v) is 1.45. The van der Waals surface area contributed by atoms with Crippen molar-refractivity contribution in [3.63, 3.8) is 0 Å². The van der Waals surface area contributed by atoms with Gasteiger partial charge in [0.05, 0.1) is 0 Å². The van der Waals surface area contributed by atoms with Crippen LogP contribution in [0.3, 0.4) is 0 Å². The Morgan fingerprint density at radius 2 is 2.18 bits per heavy atom. The number of nitrogens with one attached hydrogen (secondary N) is 1. The van der Waals surface area contributed by atoms with Gasteiger partial charge >= 0.3 is 6.09 Å². The van der Waals surface area contributed by atoms with E-state index in [1.165, 1.54) is 0 Å². The Bertz CT molecular complexity index is 134. The Kier molecular flexibility index (Phi) is 3.89. The normalized spacial score (nSPS) is 11.2. The molecule has 4 N–H and O–H groups in total. The fourth-order valence-corrected chi connectivity index (χ4v) is 0.896. The van der Waals surface area contributed by atoms with E-state index in [0.717, 1.165) is 12.8 Å². The summed E-state index contributed by atoms with van der Waals surface area (Å²) >= 11 is 0. The Morgan fingerprint density at radius 3 is 2.55 bits per heavy atom. The monoisotopic (exact) mass is 160 g/mol. The van der Waals surface area contributed by atoms with E-state index in [-0.39, 0.29) is 5.54 Å². The summed E-state index contributed by atoms with van der Waals surface area (Å²) in [7, 11) is 0. The third-order valence-electron chi connectivity index (χ3n) is 1.45. The first-order valence-electron chi connectivity index (χ1n) is 3.69. The van der Waals surface area contributed by atoms with Crippen LogP contribution in [0.2, 0.25) is 0 Å². The van der Waals surface area contributed by atoms with Crippen LogP contribution < -0.4 is 11.1 Å². The second kappa shape index (κ2) is 4.18. The average Bonchev–Trinajstić information content (AvgIpc) is 1.81. The molecule has 4 heteroatoms. The maximum atomic E-state index is 10.2. The van der Waals surface area contributed by atoms with E-state index in [1.807, 2.05) is 13.8 Å². The van der Waals surface area contributed by atoms with Crippen molar-refractivity contribution in [2.45, 2.75) is 32.2 Å². The van der Waals surface area contributed by atoms with Gasteiger partial charge in [0.2, 0.25) is 0 Å². The molecule has 11 heavy (non-hydrogen) atoms. The topological polar surface area (TPSA) is 75.3 Å². The lowest BCUT2D eigenvalue weighted by Crippen LogP contribution is -2.42. The number of hydrogen-bond donors (Lipinski definition) is 3. The second-order valence-corrected chi connectivity index (χ2v) is 3.21. The standard InChI is InChI=1S/C7H16N2O2/c1-7(2,4-3-5-8)9-6(10)11/h9H,3-5,8H2,1-2H3,(H,10,11). The van der Waals surface area contributed by atoms with Crippen molar-refractivity contribution in [1.82, 2.24) is 5.32 Å². The molecule has 0 atom stereocenters. The molecule has 4 nitrogen and oxygen atoms in total. The molecule has 0 aliphatic carbocycles. The first kappa shape index (κ1) is 10.2. The summed E-state index contributed by atoms with van der Waals surface area (Å²) in [6.45, 7) is 4.29. The van der Waals surface area contributed by atoms with Crippen molar-refractivity contribution in [2.75, 3.05) is 6.54 Å². The van der Waals surface area contributed by atoms with Crippen LogP contribution in [0.1, 0.15) is 26.7 Å². The molecule has 0 heterocycles. The molecular weight excluding hydrogens is 144 g/mol. The fraction of sp³-hybridized carbons (Fsp3) is 0.857. The number of nitrogens with two attached hydrogens (primary N) is 1. The summed E-state index contributed by atoms with van der Waals surface area (Å²) in [5, 5.41) is 10.8. The maximum Gasteiger partial charge on any atom is 0.405 e. The van der Waals surface area contributed by atoms with Gasteiger partial charge in [-0.3, -0.25) is 0 Å². The summed E-state index contributed by atoms with van der Waals surface area (Å²) in [6, 6.07) is 0. The predicted molar refractivity (Wildman–Crippen MR) is 43.5 cm³/mol. The van der Waals surface area contributed by atoms with E-state index in [2.05, 4.69) is 5.32 Å². The molecule has 0 unspecified atom stereocenters. The number of carbonyl (C=O) groups is 1. The summed E-state index contributed by atoms with van der Waals surface area (Å²) in [5.41, 5.74) is 4.94. The van der Waals surface area contributed by atoms with Gasteiger partial charge in [-0.15, -0.1) is 0 Å². The molecule has 0 aliphatic rings. The van der Waals surface area contributed by atoms with Crippen molar-refractivity contribution in [3.8, 4) is 0 Å². The number of rotatable bonds is 4. The van der Waals surface area contributed by atoms with E-state index in [4.69, 9.17) is 10.8 Å².